The van der Waals surface area contributed by atoms with Gasteiger partial charge in [0.2, 0.25) is 0 Å². The summed E-state index contributed by atoms with van der Waals surface area (Å²) in [4.78, 5) is 14.8. The van der Waals surface area contributed by atoms with E-state index < -0.39 is 0 Å². The summed E-state index contributed by atoms with van der Waals surface area (Å²) in [5.41, 5.74) is 0.808. The van der Waals surface area contributed by atoms with Gasteiger partial charge in [-0.05, 0) is 0 Å². The normalized spacial score (nSPS) is 19.0. The third kappa shape index (κ3) is 3.57. The average Bonchev–Trinajstić information content (AvgIpc) is 2.72. The number of halogens is 1. The van der Waals surface area contributed by atoms with Crippen molar-refractivity contribution in [1.29, 1.82) is 0 Å². The molecule has 1 heterocycles. The van der Waals surface area contributed by atoms with Crippen molar-refractivity contribution in [3.63, 3.8) is 0 Å². The van der Waals surface area contributed by atoms with Crippen LogP contribution in [0.4, 0.5) is 10.1 Å². The van der Waals surface area contributed by atoms with Gasteiger partial charge in [0.15, 0.2) is 0 Å². The van der Waals surface area contributed by atoms with Gasteiger partial charge in [0.25, 0.3) is 0 Å². The third-order valence-corrected chi connectivity index (χ3v) is 6.46. The summed E-state index contributed by atoms with van der Waals surface area (Å²) >= 11 is 0.140. The van der Waals surface area contributed by atoms with Gasteiger partial charge in [-0.1, -0.05) is 0 Å². The number of anilines is 1. The van der Waals surface area contributed by atoms with Crippen LogP contribution in [0.15, 0.2) is 54.6 Å². The average molecular weight is 362 g/mol. The van der Waals surface area contributed by atoms with Gasteiger partial charge in [0.1, 0.15) is 0 Å². The van der Waals surface area contributed by atoms with Crippen LogP contribution in [0.5, 0.6) is 0 Å². The molecule has 4 heteroatoms. The molecule has 0 N–H and O–H groups in total. The minimum atomic E-state index is -0.268. The van der Waals surface area contributed by atoms with Gasteiger partial charge in [0, 0.05) is 0 Å². The van der Waals surface area contributed by atoms with Crippen LogP contribution in [0.2, 0.25) is 4.82 Å². The van der Waals surface area contributed by atoms with Gasteiger partial charge >= 0.3 is 136 Å². The Labute approximate surface area is 136 Å². The van der Waals surface area contributed by atoms with Gasteiger partial charge in [-0.2, -0.15) is 0 Å². The molecule has 22 heavy (non-hydrogen) atoms. The number of benzene rings is 2. The Kier molecular flexibility index (Phi) is 4.91. The van der Waals surface area contributed by atoms with Gasteiger partial charge in [0.05, 0.1) is 0 Å². The first kappa shape index (κ1) is 15.3. The van der Waals surface area contributed by atoms with Crippen molar-refractivity contribution >= 4 is 31.0 Å². The van der Waals surface area contributed by atoms with E-state index in [1.54, 1.807) is 12.1 Å². The van der Waals surface area contributed by atoms with E-state index in [1.807, 2.05) is 23.1 Å². The maximum atomic E-state index is 13.1. The number of nitrogens with zero attached hydrogens (tertiary/aromatic N) is 1. The summed E-state index contributed by atoms with van der Waals surface area (Å²) in [5, 5.41) is 0. The van der Waals surface area contributed by atoms with E-state index in [1.165, 1.54) is 16.6 Å². The zero-order chi connectivity index (χ0) is 15.4. The number of rotatable bonds is 3. The first-order valence-electron chi connectivity index (χ1n) is 7.53. The van der Waals surface area contributed by atoms with Crippen molar-refractivity contribution in [2.45, 2.75) is 24.1 Å². The van der Waals surface area contributed by atoms with E-state index in [2.05, 4.69) is 12.1 Å². The second kappa shape index (κ2) is 7.08. The molecule has 2 nitrogen and oxygen atoms in total. The zero-order valence-electron chi connectivity index (χ0n) is 12.2. The summed E-state index contributed by atoms with van der Waals surface area (Å²) in [7, 11) is 0. The molecule has 0 bridgehead atoms. The molecule has 114 valence electrons. The molecular weight excluding hydrogens is 344 g/mol. The first-order chi connectivity index (χ1) is 10.7. The molecule has 2 aromatic rings. The molecule has 1 atom stereocenters. The van der Waals surface area contributed by atoms with Gasteiger partial charge in [-0.25, -0.2) is 0 Å². The molecule has 0 spiro atoms. The molecular formula is C18H18FNOSe. The van der Waals surface area contributed by atoms with E-state index in [-0.39, 0.29) is 31.5 Å². The molecule has 1 aliphatic rings. The van der Waals surface area contributed by atoms with Gasteiger partial charge in [-0.15, -0.1) is 0 Å². The second-order valence-corrected chi connectivity index (χ2v) is 8.06. The maximum absolute atomic E-state index is 13.1. The third-order valence-electron chi connectivity index (χ3n) is 3.80. The number of amides is 1. The second-order valence-electron chi connectivity index (χ2n) is 5.38. The van der Waals surface area contributed by atoms with E-state index in [0.29, 0.717) is 0 Å². The molecule has 0 radical (unpaired) electrons. The summed E-state index contributed by atoms with van der Waals surface area (Å²) in [6, 6.07) is 16.5. The van der Waals surface area contributed by atoms with Crippen LogP contribution in [-0.2, 0) is 4.79 Å². The first-order valence-corrected chi connectivity index (χ1v) is 9.37. The van der Waals surface area contributed by atoms with Crippen LogP contribution < -0.4 is 9.36 Å². The molecule has 1 fully saturated rings. The zero-order valence-corrected chi connectivity index (χ0v) is 14.0. The monoisotopic (exact) mass is 363 g/mol. The molecule has 0 aliphatic carbocycles. The van der Waals surface area contributed by atoms with Crippen LogP contribution in [0, 0.1) is 5.82 Å². The van der Waals surface area contributed by atoms with Crippen molar-refractivity contribution in [2.24, 2.45) is 0 Å². The molecule has 2 aromatic carbocycles. The Morgan fingerprint density at radius 3 is 2.45 bits per heavy atom. The number of hydrogen-bond donors (Lipinski definition) is 0. The van der Waals surface area contributed by atoms with Gasteiger partial charge < -0.3 is 0 Å². The Morgan fingerprint density at radius 2 is 1.73 bits per heavy atom. The molecule has 0 saturated carbocycles. The standard InChI is InChI=1S/C18H18FNOSe/c19-14-9-11-15(12-10-14)20-13-5-4-8-17(18(20)21)22-16-6-2-1-3-7-16/h1-3,6-7,9-12,17H,4-5,8,13H2. The Bertz CT molecular complexity index is 629. The predicted molar refractivity (Wildman–Crippen MR) is 88.2 cm³/mol. The fourth-order valence-electron chi connectivity index (χ4n) is 2.66. The van der Waals surface area contributed by atoms with E-state index >= 15 is 0 Å². The summed E-state index contributed by atoms with van der Waals surface area (Å²) in [5.74, 6) is -0.0796. The van der Waals surface area contributed by atoms with Crippen LogP contribution in [0.3, 0.4) is 0 Å². The minimum absolute atomic E-state index is 0.0717. The number of carbonyl (C=O) groups is 1. The van der Waals surface area contributed by atoms with Crippen LogP contribution in [0.1, 0.15) is 19.3 Å². The molecule has 1 aliphatic heterocycles. The number of carbonyl (C=O) groups excluding carboxylic acids is 1. The SMILES string of the molecule is O=C1C([Se]c2ccccc2)CCCCN1c1ccc(F)cc1. The van der Waals surface area contributed by atoms with Crippen LogP contribution >= 0.6 is 0 Å². The van der Waals surface area contributed by atoms with Crippen molar-refractivity contribution in [3.05, 3.63) is 60.4 Å². The van der Waals surface area contributed by atoms with E-state index in [0.717, 1.165) is 31.5 Å². The van der Waals surface area contributed by atoms with Crippen LogP contribution in [-0.4, -0.2) is 27.4 Å². The van der Waals surface area contributed by atoms with Crippen molar-refractivity contribution < 1.29 is 9.18 Å². The Balaban J connectivity index is 1.80. The van der Waals surface area contributed by atoms with E-state index in [4.69, 9.17) is 0 Å². The van der Waals surface area contributed by atoms with Crippen molar-refractivity contribution in [1.82, 2.24) is 0 Å². The predicted octanol–water partition coefficient (Wildman–Crippen LogP) is 3.16. The Hall–Kier alpha value is -1.64. The van der Waals surface area contributed by atoms with Crippen LogP contribution in [0.25, 0.3) is 0 Å². The summed E-state index contributed by atoms with van der Waals surface area (Å²) in [6.07, 6.45) is 3.03. The quantitative estimate of drug-likeness (QED) is 0.769. The number of hydrogen-bond acceptors (Lipinski definition) is 1. The van der Waals surface area contributed by atoms with Gasteiger partial charge in [-0.3, -0.25) is 0 Å². The fraction of sp³-hybridized carbons (Fsp3) is 0.278. The van der Waals surface area contributed by atoms with Crippen molar-refractivity contribution in [3.8, 4) is 0 Å². The van der Waals surface area contributed by atoms with E-state index in [9.17, 15) is 9.18 Å². The Morgan fingerprint density at radius 1 is 1.00 bits per heavy atom. The topological polar surface area (TPSA) is 20.3 Å². The van der Waals surface area contributed by atoms with Crippen molar-refractivity contribution in [2.75, 3.05) is 11.4 Å². The molecule has 3 rings (SSSR count). The molecule has 1 saturated heterocycles. The fourth-order valence-corrected chi connectivity index (χ4v) is 5.08. The summed E-state index contributed by atoms with van der Waals surface area (Å²) < 4.78 is 14.4. The molecule has 0 aromatic heterocycles. The molecule has 1 unspecified atom stereocenters. The molecule has 1 amide bonds. The summed E-state index contributed by atoms with van der Waals surface area (Å²) in [6.45, 7) is 0.728.